The van der Waals surface area contributed by atoms with Gasteiger partial charge in [-0.3, -0.25) is 4.68 Å². The highest BCUT2D eigenvalue weighted by atomic mass is 127. The number of nitrogens with one attached hydrogen (secondary N) is 2. The molecule has 1 atom stereocenters. The van der Waals surface area contributed by atoms with Crippen LogP contribution in [0, 0.1) is 5.92 Å². The van der Waals surface area contributed by atoms with Crippen LogP contribution in [0.2, 0.25) is 0 Å². The maximum atomic E-state index is 4.57. The number of piperidine rings is 1. The van der Waals surface area contributed by atoms with Crippen LogP contribution < -0.4 is 10.6 Å². The SMILES string of the molecule is CCNC(=NCc1ncnn1C)NCCN1CCCC(C)C1.I. The first-order valence-corrected chi connectivity index (χ1v) is 8.26. The minimum Gasteiger partial charge on any atom is -0.357 e. The molecule has 1 unspecified atom stereocenters. The fraction of sp³-hybridized carbons (Fsp3) is 0.800. The van der Waals surface area contributed by atoms with Crippen molar-refractivity contribution in [3.05, 3.63) is 12.2 Å². The van der Waals surface area contributed by atoms with Gasteiger partial charge in [0.25, 0.3) is 0 Å². The van der Waals surface area contributed by atoms with Crippen LogP contribution in [-0.4, -0.2) is 58.3 Å². The predicted octanol–water partition coefficient (Wildman–Crippen LogP) is 1.22. The molecule has 0 bridgehead atoms. The standard InChI is InChI=1S/C15H29N7.HI/c1-4-16-15(18-10-14-19-12-20-21(14)3)17-7-9-22-8-5-6-13(2)11-22;/h12-13H,4-11H2,1-3H3,(H2,16,17,18);1H. The first-order chi connectivity index (χ1) is 10.7. The van der Waals surface area contributed by atoms with Crippen molar-refractivity contribution in [1.82, 2.24) is 30.3 Å². The number of hydrogen-bond donors (Lipinski definition) is 2. The van der Waals surface area contributed by atoms with E-state index >= 15 is 0 Å². The van der Waals surface area contributed by atoms with Crippen LogP contribution in [0.5, 0.6) is 0 Å². The molecule has 1 aliphatic rings. The van der Waals surface area contributed by atoms with Gasteiger partial charge in [0.05, 0.1) is 0 Å². The number of aromatic nitrogens is 3. The molecular weight excluding hydrogens is 405 g/mol. The van der Waals surface area contributed by atoms with Gasteiger partial charge in [-0.2, -0.15) is 5.10 Å². The van der Waals surface area contributed by atoms with Crippen LogP contribution in [0.1, 0.15) is 32.5 Å². The minimum atomic E-state index is 0. The highest BCUT2D eigenvalue weighted by molar-refractivity contribution is 14.0. The molecule has 2 N–H and O–H groups in total. The summed E-state index contributed by atoms with van der Waals surface area (Å²) >= 11 is 0. The maximum Gasteiger partial charge on any atom is 0.191 e. The Labute approximate surface area is 156 Å². The Morgan fingerprint density at radius 2 is 2.26 bits per heavy atom. The van der Waals surface area contributed by atoms with E-state index in [1.807, 2.05) is 7.05 Å². The molecule has 0 aromatic carbocycles. The zero-order valence-electron chi connectivity index (χ0n) is 14.5. The molecule has 0 amide bonds. The van der Waals surface area contributed by atoms with Crippen molar-refractivity contribution < 1.29 is 0 Å². The third-order valence-corrected chi connectivity index (χ3v) is 3.99. The van der Waals surface area contributed by atoms with Crippen molar-refractivity contribution in [2.75, 3.05) is 32.7 Å². The quantitative estimate of drug-likeness (QED) is 0.400. The Balaban J connectivity index is 0.00000264. The Morgan fingerprint density at radius 1 is 1.43 bits per heavy atom. The van der Waals surface area contributed by atoms with Gasteiger partial charge in [-0.25, -0.2) is 9.98 Å². The molecule has 2 rings (SSSR count). The number of aryl methyl sites for hydroxylation is 1. The number of rotatable bonds is 6. The molecule has 0 radical (unpaired) electrons. The lowest BCUT2D eigenvalue weighted by Gasteiger charge is -2.30. The molecule has 1 aliphatic heterocycles. The van der Waals surface area contributed by atoms with E-state index < -0.39 is 0 Å². The smallest absolute Gasteiger partial charge is 0.191 e. The van der Waals surface area contributed by atoms with Crippen molar-refractivity contribution in [2.45, 2.75) is 33.2 Å². The second kappa shape index (κ2) is 10.8. The Bertz CT molecular complexity index is 474. The van der Waals surface area contributed by atoms with Gasteiger partial charge in [-0.1, -0.05) is 6.92 Å². The number of likely N-dealkylation sites (tertiary alicyclic amines) is 1. The molecule has 1 fully saturated rings. The summed E-state index contributed by atoms with van der Waals surface area (Å²) in [5.74, 6) is 2.53. The van der Waals surface area contributed by atoms with Crippen molar-refractivity contribution >= 4 is 29.9 Å². The first-order valence-electron chi connectivity index (χ1n) is 8.26. The Kier molecular flexibility index (Phi) is 9.46. The van der Waals surface area contributed by atoms with E-state index in [0.29, 0.717) is 6.54 Å². The number of nitrogens with zero attached hydrogens (tertiary/aromatic N) is 5. The van der Waals surface area contributed by atoms with Crippen molar-refractivity contribution in [2.24, 2.45) is 18.0 Å². The normalized spacial score (nSPS) is 19.3. The number of guanidine groups is 1. The summed E-state index contributed by atoms with van der Waals surface area (Å²) in [4.78, 5) is 11.3. The molecule has 23 heavy (non-hydrogen) atoms. The van der Waals surface area contributed by atoms with E-state index in [1.54, 1.807) is 11.0 Å². The van der Waals surface area contributed by atoms with Crippen LogP contribution in [0.3, 0.4) is 0 Å². The molecule has 1 aromatic rings. The Morgan fingerprint density at radius 3 is 2.91 bits per heavy atom. The highest BCUT2D eigenvalue weighted by Crippen LogP contribution is 2.14. The zero-order chi connectivity index (χ0) is 15.8. The largest absolute Gasteiger partial charge is 0.357 e. The fourth-order valence-corrected chi connectivity index (χ4v) is 2.78. The van der Waals surface area contributed by atoms with Crippen LogP contribution in [0.25, 0.3) is 0 Å². The molecular formula is C15H30IN7. The second-order valence-electron chi connectivity index (χ2n) is 5.97. The lowest BCUT2D eigenvalue weighted by atomic mass is 10.0. The molecule has 1 saturated heterocycles. The average molecular weight is 435 g/mol. The van der Waals surface area contributed by atoms with Crippen LogP contribution >= 0.6 is 24.0 Å². The van der Waals surface area contributed by atoms with E-state index in [2.05, 4.69) is 44.5 Å². The molecule has 0 aliphatic carbocycles. The van der Waals surface area contributed by atoms with Gasteiger partial charge >= 0.3 is 0 Å². The topological polar surface area (TPSA) is 70.4 Å². The number of hydrogen-bond acceptors (Lipinski definition) is 4. The summed E-state index contributed by atoms with van der Waals surface area (Å²) in [6, 6.07) is 0. The van der Waals surface area contributed by atoms with Crippen LogP contribution in [0.15, 0.2) is 11.3 Å². The van der Waals surface area contributed by atoms with E-state index in [4.69, 9.17) is 0 Å². The summed E-state index contributed by atoms with van der Waals surface area (Å²) < 4.78 is 1.75. The van der Waals surface area contributed by atoms with Gasteiger partial charge in [-0.15, -0.1) is 24.0 Å². The van der Waals surface area contributed by atoms with Gasteiger partial charge in [0.1, 0.15) is 18.7 Å². The van der Waals surface area contributed by atoms with E-state index in [-0.39, 0.29) is 24.0 Å². The number of aliphatic imine (C=N–C) groups is 1. The van der Waals surface area contributed by atoms with Gasteiger partial charge in [-0.05, 0) is 32.2 Å². The lowest BCUT2D eigenvalue weighted by molar-refractivity contribution is 0.187. The van der Waals surface area contributed by atoms with Gasteiger partial charge in [0.15, 0.2) is 5.96 Å². The summed E-state index contributed by atoms with van der Waals surface area (Å²) in [5.41, 5.74) is 0. The molecule has 8 heteroatoms. The summed E-state index contributed by atoms with van der Waals surface area (Å²) in [6.07, 6.45) is 4.25. The molecule has 0 spiro atoms. The van der Waals surface area contributed by atoms with E-state index in [0.717, 1.165) is 37.3 Å². The highest BCUT2D eigenvalue weighted by Gasteiger charge is 2.15. The predicted molar refractivity (Wildman–Crippen MR) is 104 cm³/mol. The molecule has 1 aromatic heterocycles. The summed E-state index contributed by atoms with van der Waals surface area (Å²) in [7, 11) is 1.88. The summed E-state index contributed by atoms with van der Waals surface area (Å²) in [6.45, 7) is 10.2. The van der Waals surface area contributed by atoms with Crippen LogP contribution in [-0.2, 0) is 13.6 Å². The van der Waals surface area contributed by atoms with Crippen molar-refractivity contribution in [3.8, 4) is 0 Å². The van der Waals surface area contributed by atoms with Crippen LogP contribution in [0.4, 0.5) is 0 Å². The van der Waals surface area contributed by atoms with E-state index in [1.165, 1.54) is 25.9 Å². The molecule has 7 nitrogen and oxygen atoms in total. The molecule has 2 heterocycles. The number of halogens is 1. The zero-order valence-corrected chi connectivity index (χ0v) is 16.8. The minimum absolute atomic E-state index is 0. The third kappa shape index (κ3) is 7.03. The molecule has 0 saturated carbocycles. The van der Waals surface area contributed by atoms with Gasteiger partial charge < -0.3 is 15.5 Å². The van der Waals surface area contributed by atoms with E-state index in [9.17, 15) is 0 Å². The summed E-state index contributed by atoms with van der Waals surface area (Å²) in [5, 5.41) is 10.7. The first kappa shape index (κ1) is 20.1. The lowest BCUT2D eigenvalue weighted by Crippen LogP contribution is -2.43. The Hall–Kier alpha value is -0.900. The average Bonchev–Trinajstić information content (AvgIpc) is 2.90. The van der Waals surface area contributed by atoms with Gasteiger partial charge in [0, 0.05) is 33.2 Å². The van der Waals surface area contributed by atoms with Gasteiger partial charge in [0.2, 0.25) is 0 Å². The maximum absolute atomic E-state index is 4.57. The monoisotopic (exact) mass is 435 g/mol. The second-order valence-corrected chi connectivity index (χ2v) is 5.97. The van der Waals surface area contributed by atoms with Crippen molar-refractivity contribution in [3.63, 3.8) is 0 Å². The fourth-order valence-electron chi connectivity index (χ4n) is 2.78. The third-order valence-electron chi connectivity index (χ3n) is 3.99. The molecule has 132 valence electrons. The van der Waals surface area contributed by atoms with Crippen molar-refractivity contribution in [1.29, 1.82) is 0 Å².